The Morgan fingerprint density at radius 3 is 2.62 bits per heavy atom. The molecule has 1 heteroatoms. The lowest BCUT2D eigenvalue weighted by atomic mass is 9.61. The number of fused-ring (bicyclic) bond motifs is 1. The van der Waals surface area contributed by atoms with Gasteiger partial charge in [0.05, 0.1) is 0 Å². The van der Waals surface area contributed by atoms with Crippen molar-refractivity contribution in [1.82, 2.24) is 0 Å². The van der Waals surface area contributed by atoms with Crippen molar-refractivity contribution in [2.45, 2.75) is 46.5 Å². The zero-order valence-electron chi connectivity index (χ0n) is 8.81. The van der Waals surface area contributed by atoms with Crippen LogP contribution in [0.3, 0.4) is 0 Å². The van der Waals surface area contributed by atoms with Gasteiger partial charge in [-0.05, 0) is 31.6 Å². The molecule has 0 aromatic rings. The third-order valence-corrected chi connectivity index (χ3v) is 4.33. The molecule has 0 bridgehead atoms. The van der Waals surface area contributed by atoms with Crippen LogP contribution in [-0.4, -0.2) is 5.78 Å². The normalized spacial score (nSPS) is 44.5. The molecule has 0 spiro atoms. The number of allylic oxidation sites excluding steroid dienone is 2. The second-order valence-corrected chi connectivity index (χ2v) is 5.16. The van der Waals surface area contributed by atoms with Crippen molar-refractivity contribution >= 4 is 5.78 Å². The van der Waals surface area contributed by atoms with E-state index in [9.17, 15) is 4.79 Å². The number of hydrogen-bond donors (Lipinski definition) is 0. The quantitative estimate of drug-likeness (QED) is 0.521. The van der Waals surface area contributed by atoms with E-state index in [1.165, 1.54) is 5.57 Å². The van der Waals surface area contributed by atoms with Gasteiger partial charge in [-0.25, -0.2) is 0 Å². The Kier molecular flexibility index (Phi) is 1.70. The summed E-state index contributed by atoms with van der Waals surface area (Å²) in [6.07, 6.45) is 6.36. The molecule has 0 aliphatic heterocycles. The molecule has 72 valence electrons. The van der Waals surface area contributed by atoms with Crippen LogP contribution in [0.4, 0.5) is 0 Å². The zero-order chi connectivity index (χ0) is 9.69. The largest absolute Gasteiger partial charge is 0.299 e. The monoisotopic (exact) mass is 178 g/mol. The minimum atomic E-state index is -0.0491. The van der Waals surface area contributed by atoms with Crippen molar-refractivity contribution in [2.75, 3.05) is 0 Å². The molecule has 2 aliphatic rings. The number of Topliss-reactive ketones (excluding diaryl/α,β-unsaturated/α-hetero) is 1. The smallest absolute Gasteiger partial charge is 0.139 e. The summed E-state index contributed by atoms with van der Waals surface area (Å²) in [5.74, 6) is 0.485. The fraction of sp³-hybridized carbons (Fsp3) is 0.750. The van der Waals surface area contributed by atoms with Crippen LogP contribution < -0.4 is 0 Å². The molecule has 0 aromatic carbocycles. The van der Waals surface area contributed by atoms with Gasteiger partial charge in [-0.15, -0.1) is 0 Å². The van der Waals surface area contributed by atoms with Crippen molar-refractivity contribution in [3.05, 3.63) is 11.6 Å². The summed E-state index contributed by atoms with van der Waals surface area (Å²) in [7, 11) is 0. The molecule has 0 heterocycles. The van der Waals surface area contributed by atoms with Crippen molar-refractivity contribution < 1.29 is 4.79 Å². The summed E-state index contributed by atoms with van der Waals surface area (Å²) >= 11 is 0. The van der Waals surface area contributed by atoms with Gasteiger partial charge in [-0.3, -0.25) is 4.79 Å². The summed E-state index contributed by atoms with van der Waals surface area (Å²) in [5, 5.41) is 0. The first-order valence-corrected chi connectivity index (χ1v) is 5.20. The Balaban J connectivity index is 2.46. The van der Waals surface area contributed by atoms with E-state index in [0.717, 1.165) is 25.7 Å². The molecule has 1 fully saturated rings. The standard InChI is InChI=1S/C12H18O/c1-9-4-7-12(3)10(13)5-6-11(12,2)8-9/h8H,4-7H2,1-3H3. The SMILES string of the molecule is CC1=CC2(C)CCC(=O)C2(C)CC1. The number of carbonyl (C=O) groups is 1. The Hall–Kier alpha value is -0.590. The van der Waals surface area contributed by atoms with Gasteiger partial charge >= 0.3 is 0 Å². The van der Waals surface area contributed by atoms with Crippen LogP contribution in [-0.2, 0) is 4.79 Å². The molecular formula is C12H18O. The van der Waals surface area contributed by atoms with E-state index < -0.39 is 0 Å². The molecule has 1 nitrogen and oxygen atoms in total. The minimum Gasteiger partial charge on any atom is -0.299 e. The van der Waals surface area contributed by atoms with Gasteiger partial charge < -0.3 is 0 Å². The zero-order valence-corrected chi connectivity index (χ0v) is 8.81. The first kappa shape index (κ1) is 8.98. The lowest BCUT2D eigenvalue weighted by Gasteiger charge is -2.41. The Morgan fingerprint density at radius 2 is 1.92 bits per heavy atom. The van der Waals surface area contributed by atoms with Crippen molar-refractivity contribution in [3.63, 3.8) is 0 Å². The molecule has 2 rings (SSSR count). The molecule has 1 saturated carbocycles. The summed E-state index contributed by atoms with van der Waals surface area (Å²) in [6, 6.07) is 0. The van der Waals surface area contributed by atoms with E-state index in [2.05, 4.69) is 26.8 Å². The molecule has 2 atom stereocenters. The Bertz CT molecular complexity index is 289. The van der Waals surface area contributed by atoms with Crippen LogP contribution in [0, 0.1) is 10.8 Å². The van der Waals surface area contributed by atoms with Crippen LogP contribution >= 0.6 is 0 Å². The number of carbonyl (C=O) groups excluding carboxylic acids is 1. The van der Waals surface area contributed by atoms with Crippen molar-refractivity contribution in [2.24, 2.45) is 10.8 Å². The van der Waals surface area contributed by atoms with Crippen LogP contribution in [0.2, 0.25) is 0 Å². The third kappa shape index (κ3) is 1.02. The lowest BCUT2D eigenvalue weighted by Crippen LogP contribution is -2.38. The van der Waals surface area contributed by atoms with Gasteiger partial charge in [-0.2, -0.15) is 0 Å². The average Bonchev–Trinajstić information content (AvgIpc) is 2.28. The Morgan fingerprint density at radius 1 is 1.23 bits per heavy atom. The fourth-order valence-electron chi connectivity index (χ4n) is 2.96. The molecule has 13 heavy (non-hydrogen) atoms. The van der Waals surface area contributed by atoms with E-state index in [4.69, 9.17) is 0 Å². The lowest BCUT2D eigenvalue weighted by molar-refractivity contribution is -0.128. The van der Waals surface area contributed by atoms with Gasteiger partial charge in [0.25, 0.3) is 0 Å². The summed E-state index contributed by atoms with van der Waals surface area (Å²) in [4.78, 5) is 11.8. The topological polar surface area (TPSA) is 17.1 Å². The summed E-state index contributed by atoms with van der Waals surface area (Å²) in [6.45, 7) is 6.60. The van der Waals surface area contributed by atoms with E-state index in [-0.39, 0.29) is 10.8 Å². The number of hydrogen-bond acceptors (Lipinski definition) is 1. The first-order chi connectivity index (χ1) is 5.98. The van der Waals surface area contributed by atoms with E-state index in [1.807, 2.05) is 0 Å². The van der Waals surface area contributed by atoms with Gasteiger partial charge in [0.1, 0.15) is 5.78 Å². The minimum absolute atomic E-state index is 0.0491. The van der Waals surface area contributed by atoms with Crippen LogP contribution in [0.25, 0.3) is 0 Å². The maximum absolute atomic E-state index is 11.8. The molecule has 0 aromatic heterocycles. The van der Waals surface area contributed by atoms with Gasteiger partial charge in [-0.1, -0.05) is 25.5 Å². The maximum atomic E-state index is 11.8. The van der Waals surface area contributed by atoms with Crippen LogP contribution in [0.1, 0.15) is 46.5 Å². The molecule has 0 saturated heterocycles. The predicted molar refractivity (Wildman–Crippen MR) is 53.4 cm³/mol. The fourth-order valence-corrected chi connectivity index (χ4v) is 2.96. The molecule has 2 aliphatic carbocycles. The van der Waals surface area contributed by atoms with E-state index in [0.29, 0.717) is 5.78 Å². The van der Waals surface area contributed by atoms with Crippen LogP contribution in [0.5, 0.6) is 0 Å². The number of ketones is 1. The van der Waals surface area contributed by atoms with Gasteiger partial charge in [0.15, 0.2) is 0 Å². The van der Waals surface area contributed by atoms with Gasteiger partial charge in [0, 0.05) is 11.8 Å². The highest BCUT2D eigenvalue weighted by Gasteiger charge is 2.53. The van der Waals surface area contributed by atoms with Gasteiger partial charge in [0.2, 0.25) is 0 Å². The highest BCUT2D eigenvalue weighted by molar-refractivity contribution is 5.88. The Labute approximate surface area is 80.2 Å². The molecule has 0 radical (unpaired) electrons. The molecule has 0 N–H and O–H groups in total. The van der Waals surface area contributed by atoms with Crippen molar-refractivity contribution in [1.29, 1.82) is 0 Å². The second kappa shape index (κ2) is 2.46. The van der Waals surface area contributed by atoms with E-state index >= 15 is 0 Å². The van der Waals surface area contributed by atoms with Crippen LogP contribution in [0.15, 0.2) is 11.6 Å². The van der Waals surface area contributed by atoms with E-state index in [1.54, 1.807) is 0 Å². The summed E-state index contributed by atoms with van der Waals surface area (Å²) in [5.41, 5.74) is 1.58. The molecule has 2 unspecified atom stereocenters. The molecule has 0 amide bonds. The average molecular weight is 178 g/mol. The predicted octanol–water partition coefficient (Wildman–Crippen LogP) is 3.10. The number of rotatable bonds is 0. The highest BCUT2D eigenvalue weighted by Crippen LogP contribution is 2.57. The third-order valence-electron chi connectivity index (χ3n) is 4.33. The highest BCUT2D eigenvalue weighted by atomic mass is 16.1. The second-order valence-electron chi connectivity index (χ2n) is 5.16. The molecular weight excluding hydrogens is 160 g/mol. The summed E-state index contributed by atoms with van der Waals surface area (Å²) < 4.78 is 0. The first-order valence-electron chi connectivity index (χ1n) is 5.20. The van der Waals surface area contributed by atoms with Crippen molar-refractivity contribution in [3.8, 4) is 0 Å². The maximum Gasteiger partial charge on any atom is 0.139 e.